The van der Waals surface area contributed by atoms with Crippen LogP contribution in [0.2, 0.25) is 0 Å². The Morgan fingerprint density at radius 2 is 1.95 bits per heavy atom. The Kier molecular flexibility index (Phi) is 4.65. The fourth-order valence-electron chi connectivity index (χ4n) is 3.76. The number of hydrogen-bond acceptors (Lipinski definition) is 4. The maximum atomic E-state index is 5.96. The number of hydrogen-bond donors (Lipinski definition) is 1. The molecule has 3 aliphatic rings. The van der Waals surface area contributed by atoms with Crippen LogP contribution in [0.15, 0.2) is 0 Å². The van der Waals surface area contributed by atoms with E-state index >= 15 is 0 Å². The highest BCUT2D eigenvalue weighted by atomic mass is 16.7. The molecular formula is C16H30N2O2. The topological polar surface area (TPSA) is 33.7 Å². The summed E-state index contributed by atoms with van der Waals surface area (Å²) in [4.78, 5) is 2.57. The summed E-state index contributed by atoms with van der Waals surface area (Å²) in [6, 6.07) is 1.14. The van der Waals surface area contributed by atoms with Gasteiger partial charge >= 0.3 is 0 Å². The molecule has 2 saturated carbocycles. The minimum atomic E-state index is -0.271. The molecule has 0 aromatic rings. The summed E-state index contributed by atoms with van der Waals surface area (Å²) in [5.41, 5.74) is 0. The van der Waals surface area contributed by atoms with Crippen molar-refractivity contribution in [3.63, 3.8) is 0 Å². The fourth-order valence-corrected chi connectivity index (χ4v) is 3.76. The Morgan fingerprint density at radius 3 is 2.60 bits per heavy atom. The minimum Gasteiger partial charge on any atom is -0.347 e. The van der Waals surface area contributed by atoms with Gasteiger partial charge in [0, 0.05) is 31.5 Å². The van der Waals surface area contributed by atoms with Gasteiger partial charge in [-0.25, -0.2) is 0 Å². The number of nitrogens with one attached hydrogen (secondary N) is 1. The summed E-state index contributed by atoms with van der Waals surface area (Å²) < 4.78 is 11.9. The molecule has 116 valence electrons. The van der Waals surface area contributed by atoms with Crippen molar-refractivity contribution in [3.8, 4) is 0 Å². The molecule has 0 bridgehead atoms. The van der Waals surface area contributed by atoms with Gasteiger partial charge in [0.1, 0.15) is 0 Å². The van der Waals surface area contributed by atoms with E-state index in [-0.39, 0.29) is 5.79 Å². The average molecular weight is 282 g/mol. The molecule has 0 aromatic carbocycles. The predicted molar refractivity (Wildman–Crippen MR) is 79.7 cm³/mol. The van der Waals surface area contributed by atoms with Gasteiger partial charge in [-0.3, -0.25) is 0 Å². The first-order valence-corrected chi connectivity index (χ1v) is 8.44. The first kappa shape index (κ1) is 14.8. The third kappa shape index (κ3) is 3.35. The maximum absolute atomic E-state index is 5.96. The Morgan fingerprint density at radius 1 is 1.20 bits per heavy atom. The van der Waals surface area contributed by atoms with Crippen molar-refractivity contribution in [2.24, 2.45) is 5.92 Å². The summed E-state index contributed by atoms with van der Waals surface area (Å²) in [6.45, 7) is 6.14. The summed E-state index contributed by atoms with van der Waals surface area (Å²) in [5, 5.41) is 3.75. The lowest BCUT2D eigenvalue weighted by atomic mass is 9.84. The van der Waals surface area contributed by atoms with Crippen molar-refractivity contribution >= 4 is 0 Å². The highest BCUT2D eigenvalue weighted by Crippen LogP contribution is 2.39. The molecular weight excluding hydrogens is 252 g/mol. The van der Waals surface area contributed by atoms with Gasteiger partial charge in [0.05, 0.1) is 13.2 Å². The van der Waals surface area contributed by atoms with E-state index in [1.54, 1.807) is 0 Å². The molecule has 1 aliphatic heterocycles. The van der Waals surface area contributed by atoms with Gasteiger partial charge in [0.15, 0.2) is 5.79 Å². The van der Waals surface area contributed by atoms with Gasteiger partial charge in [-0.05, 0) is 45.2 Å². The van der Waals surface area contributed by atoms with Crippen LogP contribution in [0.4, 0.5) is 0 Å². The molecule has 1 saturated heterocycles. The van der Waals surface area contributed by atoms with Gasteiger partial charge in [-0.1, -0.05) is 6.92 Å². The van der Waals surface area contributed by atoms with Crippen LogP contribution in [0.25, 0.3) is 0 Å². The number of nitrogens with zero attached hydrogens (tertiary/aromatic N) is 1. The van der Waals surface area contributed by atoms with Gasteiger partial charge in [-0.2, -0.15) is 0 Å². The summed E-state index contributed by atoms with van der Waals surface area (Å²) >= 11 is 0. The van der Waals surface area contributed by atoms with Crippen LogP contribution in [0.3, 0.4) is 0 Å². The summed E-state index contributed by atoms with van der Waals surface area (Å²) in [6.07, 6.45) is 7.28. The highest BCUT2D eigenvalue weighted by Gasteiger charge is 2.46. The Labute approximate surface area is 123 Å². The molecule has 4 heteroatoms. The normalized spacial score (nSPS) is 33.1. The van der Waals surface area contributed by atoms with E-state index in [1.807, 2.05) is 0 Å². The second-order valence-corrected chi connectivity index (χ2v) is 6.86. The molecule has 0 amide bonds. The van der Waals surface area contributed by atoms with Crippen LogP contribution in [0, 0.1) is 5.92 Å². The lowest BCUT2D eigenvalue weighted by molar-refractivity contribution is -0.192. The zero-order chi connectivity index (χ0) is 14.0. The lowest BCUT2D eigenvalue weighted by Gasteiger charge is -2.45. The van der Waals surface area contributed by atoms with Crippen molar-refractivity contribution in [3.05, 3.63) is 0 Å². The van der Waals surface area contributed by atoms with Crippen LogP contribution in [0.1, 0.15) is 45.4 Å². The standard InChI is InChI=1S/C16H30N2O2/c1-3-8-17-14-6-7-16(19-9-10-20-16)11-15(14)18(2)12-13-4-5-13/h13-15,17H,3-12H2,1-2H3. The van der Waals surface area contributed by atoms with Crippen molar-refractivity contribution < 1.29 is 9.47 Å². The second kappa shape index (κ2) is 6.30. The number of rotatable bonds is 6. The summed E-state index contributed by atoms with van der Waals surface area (Å²) in [5.74, 6) is 0.669. The molecule has 2 aliphatic carbocycles. The van der Waals surface area contributed by atoms with E-state index in [4.69, 9.17) is 9.47 Å². The molecule has 2 atom stereocenters. The van der Waals surface area contributed by atoms with Crippen LogP contribution in [-0.4, -0.2) is 56.1 Å². The van der Waals surface area contributed by atoms with Crippen molar-refractivity contribution in [2.45, 2.75) is 63.3 Å². The van der Waals surface area contributed by atoms with Crippen molar-refractivity contribution in [2.75, 3.05) is 33.4 Å². The average Bonchev–Trinajstić information content (AvgIpc) is 3.16. The molecule has 20 heavy (non-hydrogen) atoms. The first-order chi connectivity index (χ1) is 9.72. The lowest BCUT2D eigenvalue weighted by Crippen LogP contribution is -2.57. The third-order valence-corrected chi connectivity index (χ3v) is 5.10. The fraction of sp³-hybridized carbons (Fsp3) is 1.00. The van der Waals surface area contributed by atoms with Crippen LogP contribution in [0.5, 0.6) is 0 Å². The Balaban J connectivity index is 1.63. The van der Waals surface area contributed by atoms with E-state index in [1.165, 1.54) is 32.2 Å². The molecule has 1 spiro atoms. The monoisotopic (exact) mass is 282 g/mol. The minimum absolute atomic E-state index is 0.271. The first-order valence-electron chi connectivity index (χ1n) is 8.44. The molecule has 1 N–H and O–H groups in total. The van der Waals surface area contributed by atoms with Crippen molar-refractivity contribution in [1.82, 2.24) is 10.2 Å². The molecule has 1 heterocycles. The van der Waals surface area contributed by atoms with E-state index in [2.05, 4.69) is 24.2 Å². The second-order valence-electron chi connectivity index (χ2n) is 6.86. The summed E-state index contributed by atoms with van der Waals surface area (Å²) in [7, 11) is 2.29. The Bertz CT molecular complexity index is 314. The largest absolute Gasteiger partial charge is 0.347 e. The van der Waals surface area contributed by atoms with Gasteiger partial charge in [-0.15, -0.1) is 0 Å². The van der Waals surface area contributed by atoms with Gasteiger partial charge < -0.3 is 19.7 Å². The predicted octanol–water partition coefficient (Wildman–Crippen LogP) is 1.99. The Hall–Kier alpha value is -0.160. The molecule has 4 nitrogen and oxygen atoms in total. The SMILES string of the molecule is CCCNC1CCC2(CC1N(C)CC1CC1)OCCO2. The van der Waals surface area contributed by atoms with Crippen LogP contribution < -0.4 is 5.32 Å². The van der Waals surface area contributed by atoms with E-state index in [0.29, 0.717) is 12.1 Å². The number of ether oxygens (including phenoxy) is 2. The molecule has 0 aromatic heterocycles. The molecule has 2 unspecified atom stereocenters. The zero-order valence-electron chi connectivity index (χ0n) is 13.1. The van der Waals surface area contributed by atoms with Crippen LogP contribution in [-0.2, 0) is 9.47 Å². The third-order valence-electron chi connectivity index (χ3n) is 5.10. The van der Waals surface area contributed by atoms with Crippen LogP contribution >= 0.6 is 0 Å². The van der Waals surface area contributed by atoms with Gasteiger partial charge in [0.2, 0.25) is 0 Å². The quantitative estimate of drug-likeness (QED) is 0.808. The zero-order valence-corrected chi connectivity index (χ0v) is 13.1. The molecule has 0 radical (unpaired) electrons. The van der Waals surface area contributed by atoms with E-state index in [0.717, 1.165) is 38.5 Å². The highest BCUT2D eigenvalue weighted by molar-refractivity contribution is 4.96. The van der Waals surface area contributed by atoms with E-state index in [9.17, 15) is 0 Å². The molecule has 3 rings (SSSR count). The van der Waals surface area contributed by atoms with Crippen molar-refractivity contribution in [1.29, 1.82) is 0 Å². The number of likely N-dealkylation sites (N-methyl/N-ethyl adjacent to an activating group) is 1. The maximum Gasteiger partial charge on any atom is 0.170 e. The van der Waals surface area contributed by atoms with Gasteiger partial charge in [0.25, 0.3) is 0 Å². The smallest absolute Gasteiger partial charge is 0.170 e. The van der Waals surface area contributed by atoms with E-state index < -0.39 is 0 Å². The molecule has 3 fully saturated rings.